The van der Waals surface area contributed by atoms with Gasteiger partial charge in [-0.2, -0.15) is 0 Å². The predicted molar refractivity (Wildman–Crippen MR) is 69.6 cm³/mol. The van der Waals surface area contributed by atoms with Crippen LogP contribution in [0.4, 0.5) is 0 Å². The minimum atomic E-state index is -0.717. The molecule has 6 heteroatoms. The van der Waals surface area contributed by atoms with Crippen molar-refractivity contribution in [2.75, 3.05) is 6.54 Å². The first-order valence-corrected chi connectivity index (χ1v) is 5.92. The largest absolute Gasteiger partial charge is 0.382 e. The second-order valence-corrected chi connectivity index (χ2v) is 4.41. The van der Waals surface area contributed by atoms with E-state index in [1.807, 2.05) is 19.1 Å². The lowest BCUT2D eigenvalue weighted by Crippen LogP contribution is -2.32. The van der Waals surface area contributed by atoms with E-state index in [0.29, 0.717) is 17.7 Å². The van der Waals surface area contributed by atoms with E-state index >= 15 is 0 Å². The fraction of sp³-hybridized carbons (Fsp3) is 0.308. The summed E-state index contributed by atoms with van der Waals surface area (Å²) < 4.78 is 0. The molecule has 0 radical (unpaired) electrons. The number of amides is 2. The number of primary amides is 1. The van der Waals surface area contributed by atoms with Gasteiger partial charge in [0.25, 0.3) is 11.8 Å². The van der Waals surface area contributed by atoms with Gasteiger partial charge in [-0.25, -0.2) is 0 Å². The SMILES string of the molecule is Cc1cccc(C(=O)NCC2=NOC(C(N)=O)C2)c1. The Morgan fingerprint density at radius 3 is 2.95 bits per heavy atom. The molecule has 6 nitrogen and oxygen atoms in total. The lowest BCUT2D eigenvalue weighted by molar-refractivity contribution is -0.127. The van der Waals surface area contributed by atoms with Crippen LogP contribution in [0.3, 0.4) is 0 Å². The summed E-state index contributed by atoms with van der Waals surface area (Å²) in [6.45, 7) is 2.17. The number of rotatable bonds is 4. The normalized spacial score (nSPS) is 17.5. The zero-order chi connectivity index (χ0) is 13.8. The van der Waals surface area contributed by atoms with Crippen LogP contribution in [0, 0.1) is 6.92 Å². The maximum absolute atomic E-state index is 11.9. The summed E-state index contributed by atoms with van der Waals surface area (Å²) in [6, 6.07) is 7.28. The van der Waals surface area contributed by atoms with E-state index < -0.39 is 12.0 Å². The van der Waals surface area contributed by atoms with Crippen molar-refractivity contribution >= 4 is 17.5 Å². The summed E-state index contributed by atoms with van der Waals surface area (Å²) in [5.74, 6) is -0.738. The van der Waals surface area contributed by atoms with E-state index in [-0.39, 0.29) is 12.5 Å². The second kappa shape index (κ2) is 5.51. The zero-order valence-corrected chi connectivity index (χ0v) is 10.6. The van der Waals surface area contributed by atoms with Gasteiger partial charge in [0.05, 0.1) is 12.3 Å². The lowest BCUT2D eigenvalue weighted by atomic mass is 10.1. The Morgan fingerprint density at radius 1 is 1.53 bits per heavy atom. The van der Waals surface area contributed by atoms with Crippen LogP contribution in [0.2, 0.25) is 0 Å². The molecule has 0 bridgehead atoms. The van der Waals surface area contributed by atoms with Crippen LogP contribution >= 0.6 is 0 Å². The summed E-state index contributed by atoms with van der Waals surface area (Å²) in [5, 5.41) is 6.45. The monoisotopic (exact) mass is 261 g/mol. The third kappa shape index (κ3) is 3.31. The quantitative estimate of drug-likeness (QED) is 0.819. The van der Waals surface area contributed by atoms with Crippen molar-refractivity contribution in [3.05, 3.63) is 35.4 Å². The smallest absolute Gasteiger partial charge is 0.261 e. The van der Waals surface area contributed by atoms with Crippen LogP contribution in [-0.2, 0) is 9.63 Å². The van der Waals surface area contributed by atoms with Gasteiger partial charge < -0.3 is 15.9 Å². The average Bonchev–Trinajstić information content (AvgIpc) is 2.85. The van der Waals surface area contributed by atoms with E-state index in [1.165, 1.54) is 0 Å². The molecule has 19 heavy (non-hydrogen) atoms. The molecule has 1 unspecified atom stereocenters. The lowest BCUT2D eigenvalue weighted by Gasteiger charge is -2.05. The van der Waals surface area contributed by atoms with Crippen molar-refractivity contribution in [1.29, 1.82) is 0 Å². The van der Waals surface area contributed by atoms with Gasteiger partial charge in [-0.15, -0.1) is 0 Å². The first-order valence-electron chi connectivity index (χ1n) is 5.92. The topological polar surface area (TPSA) is 93.8 Å². The number of carbonyl (C=O) groups excluding carboxylic acids is 2. The van der Waals surface area contributed by atoms with Crippen LogP contribution in [0.25, 0.3) is 0 Å². The highest BCUT2D eigenvalue weighted by atomic mass is 16.6. The summed E-state index contributed by atoms with van der Waals surface area (Å²) in [7, 11) is 0. The first kappa shape index (κ1) is 13.1. The molecule has 0 saturated heterocycles. The molecule has 1 aliphatic rings. The Bertz CT molecular complexity index is 540. The number of hydrogen-bond donors (Lipinski definition) is 2. The summed E-state index contributed by atoms with van der Waals surface area (Å²) in [6.07, 6.45) is -0.394. The number of hydrogen-bond acceptors (Lipinski definition) is 4. The molecule has 1 atom stereocenters. The van der Waals surface area contributed by atoms with Gasteiger partial charge in [-0.3, -0.25) is 9.59 Å². The Hall–Kier alpha value is -2.37. The third-order valence-corrected chi connectivity index (χ3v) is 2.78. The molecule has 1 aliphatic heterocycles. The molecule has 0 aromatic heterocycles. The molecule has 2 rings (SSSR count). The second-order valence-electron chi connectivity index (χ2n) is 4.41. The van der Waals surface area contributed by atoms with Crippen molar-refractivity contribution < 1.29 is 14.4 Å². The van der Waals surface area contributed by atoms with Crippen LogP contribution in [0.15, 0.2) is 29.4 Å². The predicted octanol–water partition coefficient (Wildman–Crippen LogP) is 0.355. The molecule has 3 N–H and O–H groups in total. The molecule has 0 aliphatic carbocycles. The number of oxime groups is 1. The van der Waals surface area contributed by atoms with Gasteiger partial charge in [0.2, 0.25) is 6.10 Å². The molecular weight excluding hydrogens is 246 g/mol. The van der Waals surface area contributed by atoms with Crippen LogP contribution in [0.1, 0.15) is 22.3 Å². The van der Waals surface area contributed by atoms with E-state index in [4.69, 9.17) is 10.6 Å². The van der Waals surface area contributed by atoms with Gasteiger partial charge in [0, 0.05) is 12.0 Å². The maximum Gasteiger partial charge on any atom is 0.261 e. The fourth-order valence-electron chi connectivity index (χ4n) is 1.75. The van der Waals surface area contributed by atoms with Crippen molar-refractivity contribution in [3.8, 4) is 0 Å². The molecule has 0 fully saturated rings. The Balaban J connectivity index is 1.87. The molecule has 1 heterocycles. The molecule has 0 spiro atoms. The molecule has 2 amide bonds. The highest BCUT2D eigenvalue weighted by molar-refractivity contribution is 5.99. The van der Waals surface area contributed by atoms with Crippen LogP contribution in [0.5, 0.6) is 0 Å². The Kier molecular flexibility index (Phi) is 3.79. The summed E-state index contributed by atoms with van der Waals surface area (Å²) >= 11 is 0. The number of aryl methyl sites for hydroxylation is 1. The minimum Gasteiger partial charge on any atom is -0.382 e. The van der Waals surface area contributed by atoms with Gasteiger partial charge in [0.1, 0.15) is 0 Å². The number of nitrogens with two attached hydrogens (primary N) is 1. The Labute approximate surface area is 110 Å². The molecule has 1 aromatic carbocycles. The van der Waals surface area contributed by atoms with Crippen LogP contribution < -0.4 is 11.1 Å². The number of carbonyl (C=O) groups is 2. The average molecular weight is 261 g/mol. The molecule has 0 saturated carbocycles. The minimum absolute atomic E-state index is 0.186. The number of benzene rings is 1. The molecular formula is C13H15N3O3. The standard InChI is InChI=1S/C13H15N3O3/c1-8-3-2-4-9(5-8)13(18)15-7-10-6-11(12(14)17)19-16-10/h2-5,11H,6-7H2,1H3,(H2,14,17)(H,15,18). The zero-order valence-electron chi connectivity index (χ0n) is 10.6. The van der Waals surface area contributed by atoms with Crippen molar-refractivity contribution in [2.45, 2.75) is 19.4 Å². The first-order chi connectivity index (χ1) is 9.06. The number of nitrogens with one attached hydrogen (secondary N) is 1. The van der Waals surface area contributed by atoms with Gasteiger partial charge in [-0.05, 0) is 19.1 Å². The number of nitrogens with zero attached hydrogens (tertiary/aromatic N) is 1. The fourth-order valence-corrected chi connectivity index (χ4v) is 1.75. The van der Waals surface area contributed by atoms with E-state index in [2.05, 4.69) is 10.5 Å². The van der Waals surface area contributed by atoms with E-state index in [9.17, 15) is 9.59 Å². The van der Waals surface area contributed by atoms with Gasteiger partial charge >= 0.3 is 0 Å². The van der Waals surface area contributed by atoms with Crippen molar-refractivity contribution in [1.82, 2.24) is 5.32 Å². The van der Waals surface area contributed by atoms with Gasteiger partial charge in [-0.1, -0.05) is 22.9 Å². The van der Waals surface area contributed by atoms with Crippen molar-refractivity contribution in [2.24, 2.45) is 10.9 Å². The van der Waals surface area contributed by atoms with Crippen LogP contribution in [-0.4, -0.2) is 30.2 Å². The highest BCUT2D eigenvalue weighted by Gasteiger charge is 2.25. The summed E-state index contributed by atoms with van der Waals surface area (Å²) in [4.78, 5) is 27.6. The van der Waals surface area contributed by atoms with E-state index in [0.717, 1.165) is 5.56 Å². The highest BCUT2D eigenvalue weighted by Crippen LogP contribution is 2.09. The molecule has 100 valence electrons. The molecule has 1 aromatic rings. The van der Waals surface area contributed by atoms with E-state index in [1.54, 1.807) is 12.1 Å². The third-order valence-electron chi connectivity index (χ3n) is 2.78. The Morgan fingerprint density at radius 2 is 2.32 bits per heavy atom. The van der Waals surface area contributed by atoms with Gasteiger partial charge in [0.15, 0.2) is 0 Å². The summed E-state index contributed by atoms with van der Waals surface area (Å²) in [5.41, 5.74) is 7.31. The maximum atomic E-state index is 11.9. The van der Waals surface area contributed by atoms with Crippen molar-refractivity contribution in [3.63, 3.8) is 0 Å².